The van der Waals surface area contributed by atoms with E-state index in [2.05, 4.69) is 41.4 Å². The lowest BCUT2D eigenvalue weighted by Gasteiger charge is -1.98. The van der Waals surface area contributed by atoms with E-state index in [0.717, 1.165) is 27.0 Å². The molecule has 26 heavy (non-hydrogen) atoms. The number of benzene rings is 2. The lowest BCUT2D eigenvalue weighted by molar-refractivity contribution is 0.865. The third-order valence-corrected chi connectivity index (χ3v) is 4.47. The molecule has 2 aromatic carbocycles. The standard InChI is InChI=1S/C18H13BrN6S/c19-14-8-4-5-12(9-14)11-20-25-17(23-24-18(25)26)16-10-15(21-22-16)13-6-2-1-3-7-13/h1-11H,(H,21,22)(H,24,26)/b20-11-. The second-order valence-electron chi connectivity index (χ2n) is 5.50. The van der Waals surface area contributed by atoms with E-state index >= 15 is 0 Å². The number of aromatic amines is 2. The third kappa shape index (κ3) is 3.42. The summed E-state index contributed by atoms with van der Waals surface area (Å²) in [6, 6.07) is 19.7. The second-order valence-corrected chi connectivity index (χ2v) is 6.80. The van der Waals surface area contributed by atoms with Gasteiger partial charge in [0.15, 0.2) is 0 Å². The van der Waals surface area contributed by atoms with E-state index in [0.29, 0.717) is 10.6 Å². The molecular formula is C18H13BrN6S. The Kier molecular flexibility index (Phi) is 4.59. The zero-order valence-electron chi connectivity index (χ0n) is 13.4. The van der Waals surface area contributed by atoms with Crippen LogP contribution in [-0.4, -0.2) is 31.3 Å². The van der Waals surface area contributed by atoms with Crippen LogP contribution in [-0.2, 0) is 0 Å². The van der Waals surface area contributed by atoms with Crippen molar-refractivity contribution >= 4 is 34.4 Å². The number of H-pyrrole nitrogens is 2. The molecule has 0 saturated heterocycles. The zero-order valence-corrected chi connectivity index (χ0v) is 15.8. The van der Waals surface area contributed by atoms with Gasteiger partial charge in [0, 0.05) is 10.0 Å². The van der Waals surface area contributed by atoms with Crippen LogP contribution < -0.4 is 0 Å². The first-order valence-corrected chi connectivity index (χ1v) is 8.99. The van der Waals surface area contributed by atoms with Crippen LogP contribution in [0.4, 0.5) is 0 Å². The summed E-state index contributed by atoms with van der Waals surface area (Å²) >= 11 is 8.75. The Balaban J connectivity index is 1.69. The molecule has 128 valence electrons. The van der Waals surface area contributed by atoms with Gasteiger partial charge in [0.1, 0.15) is 5.69 Å². The Morgan fingerprint density at radius 1 is 1.00 bits per heavy atom. The lowest BCUT2D eigenvalue weighted by atomic mass is 10.1. The van der Waals surface area contributed by atoms with Crippen LogP contribution in [0.25, 0.3) is 22.8 Å². The van der Waals surface area contributed by atoms with Gasteiger partial charge in [-0.2, -0.15) is 20.0 Å². The van der Waals surface area contributed by atoms with E-state index in [1.165, 1.54) is 0 Å². The summed E-state index contributed by atoms with van der Waals surface area (Å²) < 4.78 is 2.96. The van der Waals surface area contributed by atoms with Gasteiger partial charge in [-0.3, -0.25) is 5.10 Å². The number of halogens is 1. The van der Waals surface area contributed by atoms with Crippen molar-refractivity contribution in [1.82, 2.24) is 25.1 Å². The smallest absolute Gasteiger partial charge is 0.216 e. The Bertz CT molecular complexity index is 1130. The van der Waals surface area contributed by atoms with Gasteiger partial charge in [0.05, 0.1) is 11.9 Å². The summed E-state index contributed by atoms with van der Waals surface area (Å²) in [5, 5.41) is 18.9. The molecule has 0 bridgehead atoms. The van der Waals surface area contributed by atoms with Gasteiger partial charge in [-0.1, -0.05) is 58.4 Å². The molecule has 0 aliphatic heterocycles. The lowest BCUT2D eigenvalue weighted by Crippen LogP contribution is -1.95. The summed E-state index contributed by atoms with van der Waals surface area (Å²) in [5.74, 6) is 0.566. The largest absolute Gasteiger partial charge is 0.274 e. The number of hydrogen-bond acceptors (Lipinski definition) is 4. The van der Waals surface area contributed by atoms with Crippen molar-refractivity contribution in [3.05, 3.63) is 75.5 Å². The molecule has 0 saturated carbocycles. The van der Waals surface area contributed by atoms with Crippen molar-refractivity contribution in [3.63, 3.8) is 0 Å². The zero-order chi connectivity index (χ0) is 17.9. The fourth-order valence-corrected chi connectivity index (χ4v) is 3.07. The molecule has 2 heterocycles. The van der Waals surface area contributed by atoms with Crippen molar-refractivity contribution in [2.24, 2.45) is 5.10 Å². The van der Waals surface area contributed by atoms with E-state index < -0.39 is 0 Å². The quantitative estimate of drug-likeness (QED) is 0.370. The minimum Gasteiger partial charge on any atom is -0.274 e. The summed E-state index contributed by atoms with van der Waals surface area (Å²) in [7, 11) is 0. The van der Waals surface area contributed by atoms with Gasteiger partial charge in [-0.25, -0.2) is 5.10 Å². The van der Waals surface area contributed by atoms with Crippen molar-refractivity contribution in [2.45, 2.75) is 0 Å². The number of rotatable bonds is 4. The third-order valence-electron chi connectivity index (χ3n) is 3.71. The molecule has 0 aliphatic carbocycles. The van der Waals surface area contributed by atoms with E-state index in [4.69, 9.17) is 12.2 Å². The van der Waals surface area contributed by atoms with Crippen LogP contribution in [0.5, 0.6) is 0 Å². The highest BCUT2D eigenvalue weighted by molar-refractivity contribution is 9.10. The van der Waals surface area contributed by atoms with Gasteiger partial charge in [-0.15, -0.1) is 0 Å². The van der Waals surface area contributed by atoms with E-state index in [1.807, 2.05) is 60.7 Å². The first-order valence-electron chi connectivity index (χ1n) is 7.79. The number of nitrogens with zero attached hydrogens (tertiary/aromatic N) is 4. The molecule has 0 radical (unpaired) electrons. The molecule has 4 aromatic rings. The minimum absolute atomic E-state index is 0.405. The van der Waals surface area contributed by atoms with Crippen molar-refractivity contribution in [1.29, 1.82) is 0 Å². The predicted octanol–water partition coefficient (Wildman–Crippen LogP) is 4.64. The minimum atomic E-state index is 0.405. The van der Waals surface area contributed by atoms with E-state index in [9.17, 15) is 0 Å². The van der Waals surface area contributed by atoms with Crippen LogP contribution in [0.3, 0.4) is 0 Å². The molecule has 0 unspecified atom stereocenters. The average Bonchev–Trinajstić information content (AvgIpc) is 3.28. The fourth-order valence-electron chi connectivity index (χ4n) is 2.48. The number of hydrogen-bond donors (Lipinski definition) is 2. The van der Waals surface area contributed by atoms with E-state index in [1.54, 1.807) is 10.9 Å². The predicted molar refractivity (Wildman–Crippen MR) is 108 cm³/mol. The second kappa shape index (κ2) is 7.19. The van der Waals surface area contributed by atoms with Crippen molar-refractivity contribution in [3.8, 4) is 22.8 Å². The molecule has 2 aromatic heterocycles. The Morgan fingerprint density at radius 3 is 2.65 bits per heavy atom. The van der Waals surface area contributed by atoms with Gasteiger partial charge in [-0.05, 0) is 36.0 Å². The average molecular weight is 425 g/mol. The molecule has 2 N–H and O–H groups in total. The SMILES string of the molecule is S=c1[nH]nc(-c2cc(-c3ccccc3)n[nH]2)n1/N=C\c1cccc(Br)c1. The molecule has 0 spiro atoms. The van der Waals surface area contributed by atoms with Crippen LogP contribution in [0.1, 0.15) is 5.56 Å². The van der Waals surface area contributed by atoms with Gasteiger partial charge < -0.3 is 0 Å². The summed E-state index contributed by atoms with van der Waals surface area (Å²) in [6.45, 7) is 0. The fraction of sp³-hybridized carbons (Fsp3) is 0. The monoisotopic (exact) mass is 424 g/mol. The maximum absolute atomic E-state index is 5.30. The van der Waals surface area contributed by atoms with Gasteiger partial charge in [0.2, 0.25) is 10.6 Å². The van der Waals surface area contributed by atoms with Crippen LogP contribution in [0, 0.1) is 4.77 Å². The highest BCUT2D eigenvalue weighted by atomic mass is 79.9. The molecule has 0 atom stereocenters. The molecule has 8 heteroatoms. The van der Waals surface area contributed by atoms with Crippen LogP contribution in [0.2, 0.25) is 0 Å². The number of nitrogens with one attached hydrogen (secondary N) is 2. The highest BCUT2D eigenvalue weighted by Gasteiger charge is 2.12. The number of aromatic nitrogens is 5. The molecule has 0 fully saturated rings. The Labute approximate surface area is 162 Å². The first kappa shape index (κ1) is 16.6. The van der Waals surface area contributed by atoms with Crippen LogP contribution >= 0.6 is 28.1 Å². The first-order chi connectivity index (χ1) is 12.7. The summed E-state index contributed by atoms with van der Waals surface area (Å²) in [5.41, 5.74) is 3.52. The molecule has 0 amide bonds. The summed E-state index contributed by atoms with van der Waals surface area (Å²) in [4.78, 5) is 0. The van der Waals surface area contributed by atoms with Crippen molar-refractivity contribution in [2.75, 3.05) is 0 Å². The maximum atomic E-state index is 5.30. The van der Waals surface area contributed by atoms with E-state index in [-0.39, 0.29) is 0 Å². The van der Waals surface area contributed by atoms with Gasteiger partial charge in [0.25, 0.3) is 0 Å². The Morgan fingerprint density at radius 2 is 1.85 bits per heavy atom. The molecular weight excluding hydrogens is 412 g/mol. The van der Waals surface area contributed by atoms with Crippen molar-refractivity contribution < 1.29 is 0 Å². The normalized spacial score (nSPS) is 11.3. The molecule has 6 nitrogen and oxygen atoms in total. The molecule has 0 aliphatic rings. The van der Waals surface area contributed by atoms with Gasteiger partial charge >= 0.3 is 0 Å². The van der Waals surface area contributed by atoms with Crippen LogP contribution in [0.15, 0.2) is 70.2 Å². The topological polar surface area (TPSA) is 74.7 Å². The summed E-state index contributed by atoms with van der Waals surface area (Å²) in [6.07, 6.45) is 1.73. The Hall–Kier alpha value is -2.84. The molecule has 4 rings (SSSR count). The highest BCUT2D eigenvalue weighted by Crippen LogP contribution is 2.22. The maximum Gasteiger partial charge on any atom is 0.216 e.